The number of ether oxygens (including phenoxy) is 2. The molecular weight excluding hydrogens is 298 g/mol. The van der Waals surface area contributed by atoms with Crippen molar-refractivity contribution in [2.45, 2.75) is 6.29 Å². The number of carbonyl (C=O) groups excluding carboxylic acids is 2. The minimum absolute atomic E-state index is 0.122. The quantitative estimate of drug-likeness (QED) is 0.558. The molecular formula is C17H15NO5. The van der Waals surface area contributed by atoms with E-state index in [1.165, 1.54) is 19.2 Å². The molecule has 0 aliphatic heterocycles. The van der Waals surface area contributed by atoms with Gasteiger partial charge in [-0.05, 0) is 12.1 Å². The van der Waals surface area contributed by atoms with Crippen LogP contribution in [-0.4, -0.2) is 36.7 Å². The molecule has 1 aliphatic carbocycles. The maximum absolute atomic E-state index is 12.8. The second-order valence-electron chi connectivity index (χ2n) is 5.11. The smallest absolute Gasteiger partial charge is 0.198 e. The highest BCUT2D eigenvalue weighted by Gasteiger charge is 2.33. The molecule has 0 saturated heterocycles. The summed E-state index contributed by atoms with van der Waals surface area (Å²) in [6, 6.07) is 9.59. The first-order chi connectivity index (χ1) is 11.0. The number of methoxy groups -OCH3 is 1. The molecule has 1 aliphatic rings. The molecule has 2 aromatic rings. The summed E-state index contributed by atoms with van der Waals surface area (Å²) in [6.45, 7) is -0.171. The summed E-state index contributed by atoms with van der Waals surface area (Å²) in [4.78, 5) is 25.4. The summed E-state index contributed by atoms with van der Waals surface area (Å²) in [5, 5.41) is 9.43. The van der Waals surface area contributed by atoms with Gasteiger partial charge in [-0.2, -0.15) is 0 Å². The number of ketones is 2. The van der Waals surface area contributed by atoms with Gasteiger partial charge in [0.05, 0.1) is 11.1 Å². The molecule has 0 heterocycles. The van der Waals surface area contributed by atoms with Gasteiger partial charge in [0, 0.05) is 23.9 Å². The van der Waals surface area contributed by atoms with Crippen molar-refractivity contribution in [2.75, 3.05) is 19.5 Å². The normalized spacial score (nSPS) is 14.2. The van der Waals surface area contributed by atoms with Crippen molar-refractivity contribution in [1.82, 2.24) is 0 Å². The number of fused-ring (bicyclic) bond motifs is 2. The molecule has 1 atom stereocenters. The largest absolute Gasteiger partial charge is 0.487 e. The molecule has 6 nitrogen and oxygen atoms in total. The Morgan fingerprint density at radius 3 is 2.26 bits per heavy atom. The van der Waals surface area contributed by atoms with Crippen LogP contribution in [0.2, 0.25) is 0 Å². The molecule has 3 N–H and O–H groups in total. The minimum atomic E-state index is -1.13. The van der Waals surface area contributed by atoms with E-state index in [-0.39, 0.29) is 40.7 Å². The van der Waals surface area contributed by atoms with E-state index in [1.807, 2.05) is 0 Å². The van der Waals surface area contributed by atoms with Crippen molar-refractivity contribution in [1.29, 1.82) is 0 Å². The van der Waals surface area contributed by atoms with Crippen LogP contribution in [0, 0.1) is 0 Å². The number of aliphatic hydroxyl groups is 1. The number of hydrogen-bond acceptors (Lipinski definition) is 6. The molecule has 3 rings (SSSR count). The monoisotopic (exact) mass is 313 g/mol. The molecule has 0 saturated carbocycles. The predicted molar refractivity (Wildman–Crippen MR) is 82.7 cm³/mol. The molecule has 6 heteroatoms. The van der Waals surface area contributed by atoms with Gasteiger partial charge in [-0.1, -0.05) is 24.3 Å². The predicted octanol–water partition coefficient (Wildman–Crippen LogP) is 1.39. The second kappa shape index (κ2) is 5.83. The number of rotatable bonds is 4. The average molecular weight is 313 g/mol. The molecule has 1 unspecified atom stereocenters. The summed E-state index contributed by atoms with van der Waals surface area (Å²) in [5.74, 6) is -0.451. The third-order valence-corrected chi connectivity index (χ3v) is 3.72. The molecule has 0 fully saturated rings. The highest BCUT2D eigenvalue weighted by molar-refractivity contribution is 6.30. The van der Waals surface area contributed by atoms with E-state index in [9.17, 15) is 14.7 Å². The van der Waals surface area contributed by atoms with Gasteiger partial charge in [-0.15, -0.1) is 0 Å². The third-order valence-electron chi connectivity index (χ3n) is 3.72. The Morgan fingerprint density at radius 2 is 1.65 bits per heavy atom. The van der Waals surface area contributed by atoms with Crippen LogP contribution in [0.15, 0.2) is 36.4 Å². The Hall–Kier alpha value is -2.70. The highest BCUT2D eigenvalue weighted by atomic mass is 16.6. The Morgan fingerprint density at radius 1 is 1.04 bits per heavy atom. The van der Waals surface area contributed by atoms with Gasteiger partial charge in [0.25, 0.3) is 0 Å². The van der Waals surface area contributed by atoms with Gasteiger partial charge >= 0.3 is 0 Å². The summed E-state index contributed by atoms with van der Waals surface area (Å²) >= 11 is 0. The van der Waals surface area contributed by atoms with Crippen molar-refractivity contribution in [3.05, 3.63) is 58.7 Å². The van der Waals surface area contributed by atoms with Gasteiger partial charge in [0.2, 0.25) is 0 Å². The molecule has 0 amide bonds. The number of hydrogen-bond donors (Lipinski definition) is 2. The van der Waals surface area contributed by atoms with Crippen molar-refractivity contribution in [3.63, 3.8) is 0 Å². The Labute approximate surface area is 132 Å². The lowest BCUT2D eigenvalue weighted by molar-refractivity contribution is -0.0968. The van der Waals surface area contributed by atoms with Crippen molar-refractivity contribution >= 4 is 17.3 Å². The van der Waals surface area contributed by atoms with Crippen LogP contribution in [0.25, 0.3) is 0 Å². The zero-order valence-corrected chi connectivity index (χ0v) is 12.4. The maximum Gasteiger partial charge on any atom is 0.198 e. The molecule has 23 heavy (non-hydrogen) atoms. The van der Waals surface area contributed by atoms with E-state index in [0.29, 0.717) is 11.1 Å². The van der Waals surface area contributed by atoms with Crippen LogP contribution in [0.3, 0.4) is 0 Å². The highest BCUT2D eigenvalue weighted by Crippen LogP contribution is 2.36. The van der Waals surface area contributed by atoms with E-state index in [1.54, 1.807) is 24.3 Å². The number of benzene rings is 2. The number of aliphatic hydroxyl groups excluding tert-OH is 1. The van der Waals surface area contributed by atoms with E-state index >= 15 is 0 Å². The van der Waals surface area contributed by atoms with Crippen LogP contribution in [0.1, 0.15) is 31.8 Å². The molecule has 0 radical (unpaired) electrons. The zero-order valence-electron chi connectivity index (χ0n) is 12.4. The van der Waals surface area contributed by atoms with Gasteiger partial charge in [-0.25, -0.2) is 0 Å². The van der Waals surface area contributed by atoms with Gasteiger partial charge in [0.15, 0.2) is 17.9 Å². The summed E-state index contributed by atoms with van der Waals surface area (Å²) in [7, 11) is 1.33. The fraction of sp³-hybridized carbons (Fsp3) is 0.176. The Bertz CT molecular complexity index is 800. The standard InChI is InChI=1S/C17H15NO5/c1-22-13(19)8-23-12-7-6-11(18)14-15(12)17(21)10-5-3-2-4-9(10)16(14)20/h2-7,13,19H,8,18H2,1H3. The second-order valence-corrected chi connectivity index (χ2v) is 5.11. The lowest BCUT2D eigenvalue weighted by atomic mass is 9.83. The molecule has 0 aromatic heterocycles. The number of nitrogen functional groups attached to an aromatic ring is 1. The zero-order chi connectivity index (χ0) is 16.6. The molecule has 118 valence electrons. The first kappa shape index (κ1) is 15.2. The van der Waals surface area contributed by atoms with Crippen LogP contribution in [0.4, 0.5) is 5.69 Å². The fourth-order valence-corrected chi connectivity index (χ4v) is 2.57. The maximum atomic E-state index is 12.8. The van der Waals surface area contributed by atoms with Gasteiger partial charge < -0.3 is 20.3 Å². The third kappa shape index (κ3) is 2.48. The summed E-state index contributed by atoms with van der Waals surface area (Å²) in [5.41, 5.74) is 7.01. The van der Waals surface area contributed by atoms with Crippen molar-refractivity contribution in [2.24, 2.45) is 0 Å². The van der Waals surface area contributed by atoms with Crippen molar-refractivity contribution in [3.8, 4) is 5.75 Å². The molecule has 0 spiro atoms. The Balaban J connectivity index is 2.11. The minimum Gasteiger partial charge on any atom is -0.487 e. The topological polar surface area (TPSA) is 98.8 Å². The molecule has 2 aromatic carbocycles. The van der Waals surface area contributed by atoms with Crippen LogP contribution >= 0.6 is 0 Å². The van der Waals surface area contributed by atoms with Crippen LogP contribution in [-0.2, 0) is 4.74 Å². The summed E-state index contributed by atoms with van der Waals surface area (Å²) in [6.07, 6.45) is -1.13. The van der Waals surface area contributed by atoms with Crippen LogP contribution in [0.5, 0.6) is 5.75 Å². The lowest BCUT2D eigenvalue weighted by Gasteiger charge is -2.22. The molecule has 0 bridgehead atoms. The fourth-order valence-electron chi connectivity index (χ4n) is 2.57. The van der Waals surface area contributed by atoms with Crippen LogP contribution < -0.4 is 10.5 Å². The van der Waals surface area contributed by atoms with E-state index in [2.05, 4.69) is 0 Å². The van der Waals surface area contributed by atoms with E-state index in [0.717, 1.165) is 0 Å². The first-order valence-corrected chi connectivity index (χ1v) is 6.99. The SMILES string of the molecule is COC(O)COc1ccc(N)c2c1C(=O)c1ccccc1C2=O. The van der Waals surface area contributed by atoms with Gasteiger partial charge in [0.1, 0.15) is 12.4 Å². The lowest BCUT2D eigenvalue weighted by Crippen LogP contribution is -2.25. The van der Waals surface area contributed by atoms with Crippen molar-refractivity contribution < 1.29 is 24.2 Å². The number of carbonyl (C=O) groups is 2. The Kier molecular flexibility index (Phi) is 3.85. The van der Waals surface area contributed by atoms with E-state index < -0.39 is 6.29 Å². The first-order valence-electron chi connectivity index (χ1n) is 6.99. The van der Waals surface area contributed by atoms with E-state index in [4.69, 9.17) is 15.2 Å². The van der Waals surface area contributed by atoms with Gasteiger partial charge in [-0.3, -0.25) is 9.59 Å². The number of anilines is 1. The average Bonchev–Trinajstić information content (AvgIpc) is 2.58. The summed E-state index contributed by atoms with van der Waals surface area (Å²) < 4.78 is 10.1. The number of nitrogens with two attached hydrogens (primary N) is 1.